The molecule has 0 heterocycles. The fourth-order valence-electron chi connectivity index (χ4n) is 3.22. The lowest BCUT2D eigenvalue weighted by Crippen LogP contribution is -2.29. The van der Waals surface area contributed by atoms with Gasteiger partial charge in [0.1, 0.15) is 18.2 Å². The number of anilines is 1. The lowest BCUT2D eigenvalue weighted by Gasteiger charge is -2.20. The monoisotopic (exact) mass is 633 g/mol. The number of alkyl halides is 1. The van der Waals surface area contributed by atoms with E-state index in [1.54, 1.807) is 24.3 Å². The Bertz CT molecular complexity index is 834. The molecular formula is C26H40IN3O7. The topological polar surface area (TPSA) is 146 Å². The third-order valence-electron chi connectivity index (χ3n) is 5.38. The average molecular weight is 634 g/mol. The molecule has 1 rings (SSSR count). The van der Waals surface area contributed by atoms with E-state index in [9.17, 15) is 19.2 Å². The summed E-state index contributed by atoms with van der Waals surface area (Å²) < 4.78 is 16.5. The van der Waals surface area contributed by atoms with Gasteiger partial charge in [0.15, 0.2) is 0 Å². The Balaban J connectivity index is 2.33. The summed E-state index contributed by atoms with van der Waals surface area (Å²) in [7, 11) is 0. The summed E-state index contributed by atoms with van der Waals surface area (Å²) in [6.45, 7) is 6.17. The summed E-state index contributed by atoms with van der Waals surface area (Å²) in [5.41, 5.74) is 6.70. The van der Waals surface area contributed by atoms with Gasteiger partial charge in [0.05, 0.1) is 24.2 Å². The fourth-order valence-corrected chi connectivity index (χ4v) is 3.60. The van der Waals surface area contributed by atoms with Crippen LogP contribution in [0.3, 0.4) is 0 Å². The van der Waals surface area contributed by atoms with Crippen molar-refractivity contribution in [3.63, 3.8) is 0 Å². The van der Waals surface area contributed by atoms with E-state index in [-0.39, 0.29) is 49.4 Å². The second kappa shape index (κ2) is 19.9. The van der Waals surface area contributed by atoms with Crippen molar-refractivity contribution in [3.8, 4) is 0 Å². The van der Waals surface area contributed by atoms with Gasteiger partial charge in [-0.25, -0.2) is 4.79 Å². The third-order valence-corrected chi connectivity index (χ3v) is 6.24. The molecule has 0 aromatic heterocycles. The van der Waals surface area contributed by atoms with Gasteiger partial charge in [-0.1, -0.05) is 48.6 Å². The normalized spacial score (nSPS) is 11.7. The van der Waals surface area contributed by atoms with Crippen LogP contribution in [0, 0.1) is 11.8 Å². The molecule has 0 aliphatic heterocycles. The van der Waals surface area contributed by atoms with Crippen molar-refractivity contribution in [2.75, 3.05) is 49.3 Å². The first-order chi connectivity index (χ1) is 17.8. The first-order valence-corrected chi connectivity index (χ1v) is 14.0. The van der Waals surface area contributed by atoms with Crippen LogP contribution in [0.15, 0.2) is 24.3 Å². The van der Waals surface area contributed by atoms with Crippen LogP contribution >= 0.6 is 22.6 Å². The van der Waals surface area contributed by atoms with E-state index in [0.29, 0.717) is 55.9 Å². The second-order valence-corrected chi connectivity index (χ2v) is 9.58. The molecule has 0 saturated carbocycles. The van der Waals surface area contributed by atoms with E-state index in [0.717, 1.165) is 5.56 Å². The number of carbonyl (C=O) groups excluding carboxylic acids is 4. The predicted molar refractivity (Wildman–Crippen MR) is 150 cm³/mol. The molecule has 0 aliphatic rings. The summed E-state index contributed by atoms with van der Waals surface area (Å²) in [4.78, 5) is 48.0. The number of benzene rings is 1. The summed E-state index contributed by atoms with van der Waals surface area (Å²) >= 11 is 2.05. The minimum atomic E-state index is -0.540. The molecule has 1 aromatic rings. The number of rotatable bonds is 20. The molecule has 4 N–H and O–H groups in total. The van der Waals surface area contributed by atoms with Crippen LogP contribution in [0.25, 0.3) is 0 Å². The molecule has 11 heteroatoms. The van der Waals surface area contributed by atoms with Crippen molar-refractivity contribution >= 4 is 51.8 Å². The van der Waals surface area contributed by atoms with Crippen LogP contribution in [-0.4, -0.2) is 67.5 Å². The molecule has 0 unspecified atom stereocenters. The molecule has 208 valence electrons. The van der Waals surface area contributed by atoms with Gasteiger partial charge in [0, 0.05) is 50.6 Å². The quantitative estimate of drug-likeness (QED) is 0.113. The van der Waals surface area contributed by atoms with E-state index < -0.39 is 12.0 Å². The van der Waals surface area contributed by atoms with Crippen LogP contribution in [0.5, 0.6) is 0 Å². The molecule has 2 amide bonds. The molecule has 1 atom stereocenters. The van der Waals surface area contributed by atoms with E-state index >= 15 is 0 Å². The Labute approximate surface area is 232 Å². The van der Waals surface area contributed by atoms with E-state index in [2.05, 4.69) is 33.2 Å². The molecule has 0 spiro atoms. The maximum absolute atomic E-state index is 12.8. The van der Waals surface area contributed by atoms with E-state index in [1.807, 2.05) is 13.8 Å². The molecule has 0 radical (unpaired) electrons. The van der Waals surface area contributed by atoms with Crippen molar-refractivity contribution in [2.45, 2.75) is 46.1 Å². The first-order valence-electron chi connectivity index (χ1n) is 12.5. The largest absolute Gasteiger partial charge is 0.445 e. The zero-order chi connectivity index (χ0) is 27.5. The van der Waals surface area contributed by atoms with Crippen LogP contribution in [0.4, 0.5) is 10.5 Å². The maximum atomic E-state index is 12.8. The highest BCUT2D eigenvalue weighted by atomic mass is 127. The van der Waals surface area contributed by atoms with Gasteiger partial charge in [-0.3, -0.25) is 14.4 Å². The van der Waals surface area contributed by atoms with Gasteiger partial charge in [0.25, 0.3) is 0 Å². The highest BCUT2D eigenvalue weighted by molar-refractivity contribution is 14.1. The summed E-state index contributed by atoms with van der Waals surface area (Å²) in [6.07, 6.45) is 1.06. The van der Waals surface area contributed by atoms with Crippen molar-refractivity contribution in [2.24, 2.45) is 17.6 Å². The molecule has 10 nitrogen and oxygen atoms in total. The highest BCUT2D eigenvalue weighted by Crippen LogP contribution is 2.20. The number of ether oxygens (including phenoxy) is 3. The molecule has 1 aromatic carbocycles. The van der Waals surface area contributed by atoms with Crippen molar-refractivity contribution in [1.29, 1.82) is 0 Å². The van der Waals surface area contributed by atoms with Crippen molar-refractivity contribution in [1.82, 2.24) is 5.32 Å². The number of nitrogens with one attached hydrogen (secondary N) is 2. The Morgan fingerprint density at radius 2 is 1.62 bits per heavy atom. The molecule has 0 aliphatic carbocycles. The number of nitrogens with two attached hydrogens (primary N) is 1. The Hall–Kier alpha value is -2.09. The van der Waals surface area contributed by atoms with Crippen LogP contribution in [0.1, 0.15) is 45.1 Å². The molecule has 0 fully saturated rings. The summed E-state index contributed by atoms with van der Waals surface area (Å²) in [5.74, 6) is -0.513. The van der Waals surface area contributed by atoms with Gasteiger partial charge in [-0.15, -0.1) is 0 Å². The summed E-state index contributed by atoms with van der Waals surface area (Å²) in [6, 6.07) is 6.97. The van der Waals surface area contributed by atoms with Gasteiger partial charge in [-0.05, 0) is 30.0 Å². The lowest BCUT2D eigenvalue weighted by molar-refractivity contribution is -0.128. The molecule has 0 bridgehead atoms. The number of carbonyl (C=O) groups is 4. The minimum Gasteiger partial charge on any atom is -0.445 e. The van der Waals surface area contributed by atoms with Gasteiger partial charge in [-0.2, -0.15) is 0 Å². The molecular weight excluding hydrogens is 593 g/mol. The number of alkyl carbamates (subject to hydrolysis) is 1. The van der Waals surface area contributed by atoms with Gasteiger partial charge < -0.3 is 30.6 Å². The lowest BCUT2D eigenvalue weighted by atomic mass is 9.89. The molecule has 37 heavy (non-hydrogen) atoms. The number of ketones is 2. The van der Waals surface area contributed by atoms with Crippen LogP contribution in [0.2, 0.25) is 0 Å². The summed E-state index contributed by atoms with van der Waals surface area (Å²) in [5, 5.41) is 5.38. The SMILES string of the molecule is CC(C)[C@H](CC(=O)CCOCCOCCCC(=O)CI)C(=O)Nc1ccc(COC(=O)NCCN)cc1. The zero-order valence-electron chi connectivity index (χ0n) is 21.8. The van der Waals surface area contributed by atoms with Crippen LogP contribution < -0.4 is 16.4 Å². The number of Topliss-reactive ketones (excluding diaryl/α,β-unsaturated/α-hetero) is 2. The smallest absolute Gasteiger partial charge is 0.407 e. The fraction of sp³-hybridized carbons (Fsp3) is 0.615. The predicted octanol–water partition coefficient (Wildman–Crippen LogP) is 3.25. The zero-order valence-corrected chi connectivity index (χ0v) is 23.9. The van der Waals surface area contributed by atoms with Crippen molar-refractivity contribution in [3.05, 3.63) is 29.8 Å². The van der Waals surface area contributed by atoms with Crippen LogP contribution in [-0.2, 0) is 35.2 Å². The first kappa shape index (κ1) is 32.9. The Kier molecular flexibility index (Phi) is 17.8. The van der Waals surface area contributed by atoms with E-state index in [1.165, 1.54) is 0 Å². The number of halogens is 1. The van der Waals surface area contributed by atoms with Gasteiger partial charge in [0.2, 0.25) is 5.91 Å². The number of hydrogen-bond acceptors (Lipinski definition) is 8. The number of amides is 2. The second-order valence-electron chi connectivity index (χ2n) is 8.82. The maximum Gasteiger partial charge on any atom is 0.407 e. The van der Waals surface area contributed by atoms with Gasteiger partial charge >= 0.3 is 6.09 Å². The highest BCUT2D eigenvalue weighted by Gasteiger charge is 2.25. The minimum absolute atomic E-state index is 0.0166. The van der Waals surface area contributed by atoms with E-state index in [4.69, 9.17) is 19.9 Å². The standard InChI is InChI=1S/C26H40IN3O7/c1-19(2)24(16-22(31)9-13-36-15-14-35-12-3-4-23(32)17-27)25(33)30-21-7-5-20(6-8-21)18-37-26(34)29-11-10-28/h5-8,19,24H,3-4,9-18,28H2,1-2H3,(H,29,34)(H,30,33)/t24-/m0/s1. The van der Waals surface area contributed by atoms with Crippen molar-refractivity contribution < 1.29 is 33.4 Å². The third kappa shape index (κ3) is 15.7. The number of hydrogen-bond donors (Lipinski definition) is 3. The Morgan fingerprint density at radius 3 is 2.24 bits per heavy atom. The Morgan fingerprint density at radius 1 is 0.946 bits per heavy atom. The average Bonchev–Trinajstić information content (AvgIpc) is 2.88. The molecule has 0 saturated heterocycles.